The van der Waals surface area contributed by atoms with E-state index >= 15 is 0 Å². The molecule has 3 heterocycles. The molecule has 3 rings (SSSR count). The second-order valence-corrected chi connectivity index (χ2v) is 13.4. The van der Waals surface area contributed by atoms with E-state index in [0.717, 1.165) is 15.7 Å². The van der Waals surface area contributed by atoms with Crippen molar-refractivity contribution in [3.63, 3.8) is 0 Å². The Hall–Kier alpha value is 2.10. The summed E-state index contributed by atoms with van der Waals surface area (Å²) in [6, 6.07) is 0. The van der Waals surface area contributed by atoms with Gasteiger partial charge in [0.2, 0.25) is 0 Å². The highest BCUT2D eigenvalue weighted by atomic mass is 32.2. The Kier molecular flexibility index (Phi) is 6.37. The van der Waals surface area contributed by atoms with Gasteiger partial charge in [-0.3, -0.25) is 0 Å². The minimum absolute atomic E-state index is 0.516. The average molecular weight is 371 g/mol. The summed E-state index contributed by atoms with van der Waals surface area (Å²) in [4.78, 5) is 0. The summed E-state index contributed by atoms with van der Waals surface area (Å²) in [5, 5.41) is 2.85. The molecule has 0 N–H and O–H groups in total. The highest BCUT2D eigenvalue weighted by Crippen LogP contribution is 2.52. The number of hydrogen-bond acceptors (Lipinski definition) is 6. The van der Waals surface area contributed by atoms with Crippen LogP contribution < -0.4 is 0 Å². The minimum atomic E-state index is 0.516. The summed E-state index contributed by atoms with van der Waals surface area (Å²) < 4.78 is 0.516. The van der Waals surface area contributed by atoms with E-state index in [1.165, 1.54) is 46.7 Å². The molecule has 0 aromatic rings. The number of hydrogen-bond donors (Lipinski definition) is 0. The lowest BCUT2D eigenvalue weighted by molar-refractivity contribution is 0.836. The smallest absolute Gasteiger partial charge is 0.0705 e. The summed E-state index contributed by atoms with van der Waals surface area (Å²) in [5.41, 5.74) is 0. The molecule has 6 heteroatoms. The van der Waals surface area contributed by atoms with Gasteiger partial charge in [0.1, 0.15) is 0 Å². The van der Waals surface area contributed by atoms with Crippen LogP contribution in [0, 0.1) is 0 Å². The van der Waals surface area contributed by atoms with Gasteiger partial charge in [-0.25, -0.2) is 0 Å². The van der Waals surface area contributed by atoms with Crippen LogP contribution in [0.2, 0.25) is 0 Å². The van der Waals surface area contributed by atoms with Crippen molar-refractivity contribution >= 4 is 70.6 Å². The van der Waals surface area contributed by atoms with Crippen molar-refractivity contribution in [2.24, 2.45) is 0 Å². The predicted octanol–water partition coefficient (Wildman–Crippen LogP) is 4.64. The highest BCUT2D eigenvalue weighted by Gasteiger charge is 2.39. The molecule has 0 atom stereocenters. The Morgan fingerprint density at radius 2 is 1.32 bits per heavy atom. The van der Waals surface area contributed by atoms with Gasteiger partial charge in [-0.05, 0) is 6.42 Å². The molecule has 0 aromatic heterocycles. The van der Waals surface area contributed by atoms with Gasteiger partial charge in [-0.1, -0.05) is 6.92 Å². The Morgan fingerprint density at radius 3 is 1.63 bits per heavy atom. The van der Waals surface area contributed by atoms with Gasteiger partial charge in [-0.15, -0.1) is 23.5 Å². The van der Waals surface area contributed by atoms with Crippen molar-refractivity contribution in [3.8, 4) is 0 Å². The Morgan fingerprint density at radius 1 is 0.842 bits per heavy atom. The predicted molar refractivity (Wildman–Crippen MR) is 104 cm³/mol. The first-order valence-corrected chi connectivity index (χ1v) is 13.3. The van der Waals surface area contributed by atoms with Crippen LogP contribution in [-0.4, -0.2) is 60.1 Å². The van der Waals surface area contributed by atoms with E-state index in [2.05, 4.69) is 77.5 Å². The van der Waals surface area contributed by atoms with Crippen LogP contribution in [-0.2, 0) is 0 Å². The van der Waals surface area contributed by atoms with E-state index in [1.807, 2.05) is 0 Å². The summed E-state index contributed by atoms with van der Waals surface area (Å²) in [5.74, 6) is 9.78. The SMILES string of the molecule is CCC(CSC1CSC1)(SC1CSC1)SC1CSC1. The van der Waals surface area contributed by atoms with E-state index in [9.17, 15) is 0 Å². The molecule has 3 fully saturated rings. The van der Waals surface area contributed by atoms with Crippen LogP contribution in [0.4, 0.5) is 0 Å². The number of thioether (sulfide) groups is 6. The first kappa shape index (κ1) is 16.0. The first-order valence-electron chi connectivity index (χ1n) is 7.00. The topological polar surface area (TPSA) is 0 Å². The molecule has 0 aliphatic carbocycles. The summed E-state index contributed by atoms with van der Waals surface area (Å²) >= 11 is 13.3. The molecule has 3 aliphatic heterocycles. The maximum absolute atomic E-state index is 2.42. The third kappa shape index (κ3) is 4.31. The van der Waals surface area contributed by atoms with Crippen LogP contribution in [0.1, 0.15) is 13.3 Å². The summed E-state index contributed by atoms with van der Waals surface area (Å²) in [6.07, 6.45) is 1.34. The van der Waals surface area contributed by atoms with Crippen molar-refractivity contribution in [3.05, 3.63) is 0 Å². The van der Waals surface area contributed by atoms with Gasteiger partial charge >= 0.3 is 0 Å². The zero-order valence-corrected chi connectivity index (χ0v) is 16.2. The Labute approximate surface area is 143 Å². The van der Waals surface area contributed by atoms with Crippen molar-refractivity contribution < 1.29 is 0 Å². The first-order chi connectivity index (χ1) is 9.30. The normalized spacial score (nSPS) is 25.7. The van der Waals surface area contributed by atoms with Crippen LogP contribution >= 0.6 is 70.6 Å². The van der Waals surface area contributed by atoms with Gasteiger partial charge in [0.05, 0.1) is 4.08 Å². The Bertz CT molecular complexity index is 269. The van der Waals surface area contributed by atoms with Gasteiger partial charge in [-0.2, -0.15) is 47.0 Å². The molecule has 0 unspecified atom stereocenters. The Balaban J connectivity index is 1.55. The third-order valence-electron chi connectivity index (χ3n) is 3.66. The lowest BCUT2D eigenvalue weighted by Crippen LogP contribution is -2.37. The zero-order valence-electron chi connectivity index (χ0n) is 11.3. The molecule has 3 saturated heterocycles. The quantitative estimate of drug-likeness (QED) is 0.567. The second-order valence-electron chi connectivity index (χ2n) is 5.29. The number of rotatable bonds is 8. The standard InChI is InChI=1S/C13H22S6/c1-2-13(18-11-5-15-6-11,19-12-7-16-8-12)9-17-10-3-14-4-10/h10-12H,2-9H2,1H3. The molecule has 3 aliphatic rings. The average Bonchev–Trinajstić information content (AvgIpc) is 2.25. The molecule has 0 nitrogen and oxygen atoms in total. The molecule has 110 valence electrons. The van der Waals surface area contributed by atoms with Crippen LogP contribution in [0.25, 0.3) is 0 Å². The molecule has 0 amide bonds. The molecular weight excluding hydrogens is 349 g/mol. The van der Waals surface area contributed by atoms with Crippen molar-refractivity contribution in [2.45, 2.75) is 33.2 Å². The summed E-state index contributed by atoms with van der Waals surface area (Å²) in [6.45, 7) is 2.42. The van der Waals surface area contributed by atoms with Crippen molar-refractivity contribution in [1.29, 1.82) is 0 Å². The van der Waals surface area contributed by atoms with Crippen molar-refractivity contribution in [2.75, 3.05) is 40.3 Å². The molecular formula is C13H22S6. The maximum atomic E-state index is 2.42. The molecule has 0 bridgehead atoms. The second kappa shape index (κ2) is 7.58. The maximum Gasteiger partial charge on any atom is 0.0705 e. The van der Waals surface area contributed by atoms with E-state index in [-0.39, 0.29) is 0 Å². The van der Waals surface area contributed by atoms with E-state index in [0.29, 0.717) is 4.08 Å². The van der Waals surface area contributed by atoms with Crippen LogP contribution in [0.15, 0.2) is 0 Å². The van der Waals surface area contributed by atoms with Crippen molar-refractivity contribution in [1.82, 2.24) is 0 Å². The summed E-state index contributed by atoms with van der Waals surface area (Å²) in [7, 11) is 0. The van der Waals surface area contributed by atoms with Gasteiger partial charge in [0.25, 0.3) is 0 Å². The fraction of sp³-hybridized carbons (Fsp3) is 1.00. The van der Waals surface area contributed by atoms with Gasteiger partial charge in [0, 0.05) is 56.0 Å². The molecule has 0 spiro atoms. The molecule has 0 saturated carbocycles. The fourth-order valence-corrected chi connectivity index (χ4v) is 11.2. The van der Waals surface area contributed by atoms with Crippen LogP contribution in [0.3, 0.4) is 0 Å². The van der Waals surface area contributed by atoms with E-state index < -0.39 is 0 Å². The van der Waals surface area contributed by atoms with Gasteiger partial charge in [0.15, 0.2) is 0 Å². The molecule has 0 aromatic carbocycles. The minimum Gasteiger partial charge on any atom is -0.160 e. The zero-order chi connectivity index (χ0) is 13.1. The van der Waals surface area contributed by atoms with Crippen LogP contribution in [0.5, 0.6) is 0 Å². The molecule has 0 radical (unpaired) electrons. The largest absolute Gasteiger partial charge is 0.160 e. The van der Waals surface area contributed by atoms with E-state index in [4.69, 9.17) is 0 Å². The van der Waals surface area contributed by atoms with E-state index in [1.54, 1.807) is 0 Å². The lowest BCUT2D eigenvalue weighted by atomic mass is 10.3. The monoisotopic (exact) mass is 370 g/mol. The van der Waals surface area contributed by atoms with Gasteiger partial charge < -0.3 is 0 Å². The molecule has 19 heavy (non-hydrogen) atoms. The highest BCUT2D eigenvalue weighted by molar-refractivity contribution is 8.22. The fourth-order valence-electron chi connectivity index (χ4n) is 2.09. The third-order valence-corrected chi connectivity index (χ3v) is 14.2. The lowest BCUT2D eigenvalue weighted by Gasteiger charge is -2.42.